The number of rotatable bonds is 6. The molecule has 8 nitrogen and oxygen atoms in total. The molecule has 1 amide bonds. The number of amides is 1. The Morgan fingerprint density at radius 3 is 2.60 bits per heavy atom. The minimum absolute atomic E-state index is 0.0982. The second kappa shape index (κ2) is 10.5. The number of piperazine rings is 1. The molecule has 8 heteroatoms. The summed E-state index contributed by atoms with van der Waals surface area (Å²) in [7, 11) is 1.66. The zero-order valence-corrected chi connectivity index (χ0v) is 20.7. The van der Waals surface area contributed by atoms with Gasteiger partial charge in [-0.2, -0.15) is 5.10 Å². The summed E-state index contributed by atoms with van der Waals surface area (Å²) in [5.41, 5.74) is 2.11. The van der Waals surface area contributed by atoms with Gasteiger partial charge in [-0.1, -0.05) is 31.4 Å². The summed E-state index contributed by atoms with van der Waals surface area (Å²) in [6.07, 6.45) is 7.73. The summed E-state index contributed by atoms with van der Waals surface area (Å²) in [6.45, 7) is 5.24. The van der Waals surface area contributed by atoms with Gasteiger partial charge in [0.1, 0.15) is 23.9 Å². The number of hydrogen-bond donors (Lipinski definition) is 0. The van der Waals surface area contributed by atoms with Crippen molar-refractivity contribution in [3.8, 4) is 17.1 Å². The fourth-order valence-electron chi connectivity index (χ4n) is 5.12. The Balaban J connectivity index is 1.32. The molecule has 3 aromatic rings. The number of benzene rings is 1. The van der Waals surface area contributed by atoms with E-state index in [9.17, 15) is 4.79 Å². The fourth-order valence-corrected chi connectivity index (χ4v) is 5.12. The second-order valence-electron chi connectivity index (χ2n) is 9.58. The quantitative estimate of drug-likeness (QED) is 0.536. The number of aryl methyl sites for hydroxylation is 1. The SMILES string of the molecule is COc1cccc(-c2nc(C3CCCCC3)n(CC(=O)N3CCN(c4cc(C)ccn4)CC3)n2)c1. The molecule has 1 aromatic carbocycles. The monoisotopic (exact) mass is 474 g/mol. The van der Waals surface area contributed by atoms with Crippen LogP contribution in [0.4, 0.5) is 5.82 Å². The number of anilines is 1. The van der Waals surface area contributed by atoms with Gasteiger partial charge in [-0.05, 0) is 49.6 Å². The van der Waals surface area contributed by atoms with Crippen molar-refractivity contribution in [2.45, 2.75) is 51.5 Å². The normalized spacial score (nSPS) is 17.0. The lowest BCUT2D eigenvalue weighted by atomic mass is 9.88. The molecular formula is C27H34N6O2. The smallest absolute Gasteiger partial charge is 0.244 e. The van der Waals surface area contributed by atoms with Crippen LogP contribution in [0.3, 0.4) is 0 Å². The van der Waals surface area contributed by atoms with Crippen molar-refractivity contribution in [3.63, 3.8) is 0 Å². The topological polar surface area (TPSA) is 76.4 Å². The molecule has 3 heterocycles. The lowest BCUT2D eigenvalue weighted by molar-refractivity contribution is -0.132. The van der Waals surface area contributed by atoms with Crippen LogP contribution in [0.15, 0.2) is 42.6 Å². The molecule has 0 N–H and O–H groups in total. The maximum Gasteiger partial charge on any atom is 0.244 e. The van der Waals surface area contributed by atoms with E-state index in [2.05, 4.69) is 22.9 Å². The maximum atomic E-state index is 13.3. The Hall–Kier alpha value is -3.42. The van der Waals surface area contributed by atoms with Crippen molar-refractivity contribution < 1.29 is 9.53 Å². The van der Waals surface area contributed by atoms with Crippen molar-refractivity contribution in [1.29, 1.82) is 0 Å². The Bertz CT molecular complexity index is 1160. The number of aromatic nitrogens is 4. The molecule has 2 aromatic heterocycles. The predicted molar refractivity (Wildman–Crippen MR) is 136 cm³/mol. The molecule has 2 fully saturated rings. The van der Waals surface area contributed by atoms with Gasteiger partial charge < -0.3 is 14.5 Å². The molecule has 1 saturated heterocycles. The van der Waals surface area contributed by atoms with Crippen molar-refractivity contribution in [2.24, 2.45) is 0 Å². The number of pyridine rings is 1. The molecule has 35 heavy (non-hydrogen) atoms. The molecule has 5 rings (SSSR count). The number of carbonyl (C=O) groups excluding carboxylic acids is 1. The maximum absolute atomic E-state index is 13.3. The minimum atomic E-state index is 0.0982. The summed E-state index contributed by atoms with van der Waals surface area (Å²) in [5, 5.41) is 4.82. The largest absolute Gasteiger partial charge is 0.497 e. The van der Waals surface area contributed by atoms with Crippen LogP contribution in [0.25, 0.3) is 11.4 Å². The summed E-state index contributed by atoms with van der Waals surface area (Å²) < 4.78 is 7.25. The first-order valence-corrected chi connectivity index (χ1v) is 12.7. The van der Waals surface area contributed by atoms with Gasteiger partial charge in [-0.3, -0.25) is 4.79 Å². The zero-order valence-electron chi connectivity index (χ0n) is 20.7. The van der Waals surface area contributed by atoms with Crippen LogP contribution in [0, 0.1) is 6.92 Å². The van der Waals surface area contributed by atoms with E-state index < -0.39 is 0 Å². The molecule has 1 aliphatic heterocycles. The highest BCUT2D eigenvalue weighted by Crippen LogP contribution is 2.33. The molecule has 0 bridgehead atoms. The van der Waals surface area contributed by atoms with E-state index in [-0.39, 0.29) is 12.5 Å². The molecule has 0 atom stereocenters. The Morgan fingerprint density at radius 2 is 1.86 bits per heavy atom. The highest BCUT2D eigenvalue weighted by Gasteiger charge is 2.27. The fraction of sp³-hybridized carbons (Fsp3) is 0.481. The Kier molecular flexibility index (Phi) is 6.97. The van der Waals surface area contributed by atoms with Crippen LogP contribution in [-0.2, 0) is 11.3 Å². The first kappa shape index (κ1) is 23.3. The predicted octanol–water partition coefficient (Wildman–Crippen LogP) is 4.05. The number of ether oxygens (including phenoxy) is 1. The Labute approximate surface area is 206 Å². The first-order valence-electron chi connectivity index (χ1n) is 12.7. The number of nitrogens with zero attached hydrogens (tertiary/aromatic N) is 6. The second-order valence-corrected chi connectivity index (χ2v) is 9.58. The van der Waals surface area contributed by atoms with E-state index in [4.69, 9.17) is 14.8 Å². The van der Waals surface area contributed by atoms with Crippen molar-refractivity contribution in [2.75, 3.05) is 38.2 Å². The van der Waals surface area contributed by atoms with Crippen molar-refractivity contribution in [1.82, 2.24) is 24.6 Å². The Morgan fingerprint density at radius 1 is 1.06 bits per heavy atom. The van der Waals surface area contributed by atoms with Crippen LogP contribution in [0.5, 0.6) is 5.75 Å². The van der Waals surface area contributed by atoms with Gasteiger partial charge in [0.25, 0.3) is 0 Å². The van der Waals surface area contributed by atoms with Crippen molar-refractivity contribution in [3.05, 3.63) is 54.0 Å². The van der Waals surface area contributed by atoms with Crippen LogP contribution in [0.1, 0.15) is 49.4 Å². The van der Waals surface area contributed by atoms with Crippen molar-refractivity contribution >= 4 is 11.7 Å². The van der Waals surface area contributed by atoms with Crippen LogP contribution >= 0.6 is 0 Å². The van der Waals surface area contributed by atoms with Gasteiger partial charge in [0, 0.05) is 43.9 Å². The highest BCUT2D eigenvalue weighted by atomic mass is 16.5. The molecular weight excluding hydrogens is 440 g/mol. The summed E-state index contributed by atoms with van der Waals surface area (Å²) in [6, 6.07) is 11.9. The van der Waals surface area contributed by atoms with E-state index in [1.807, 2.05) is 46.1 Å². The van der Waals surface area contributed by atoms with E-state index in [1.165, 1.54) is 24.8 Å². The summed E-state index contributed by atoms with van der Waals surface area (Å²) >= 11 is 0. The lowest BCUT2D eigenvalue weighted by Gasteiger charge is -2.35. The summed E-state index contributed by atoms with van der Waals surface area (Å²) in [5.74, 6) is 3.81. The van der Waals surface area contributed by atoms with Gasteiger partial charge in [0.05, 0.1) is 7.11 Å². The standard InChI is InChI=1S/C27H34N6O2/c1-20-11-12-28-24(17-20)31-13-15-32(16-14-31)25(34)19-33-27(21-7-4-3-5-8-21)29-26(30-33)22-9-6-10-23(18-22)35-2/h6,9-12,17-18,21H,3-5,7-8,13-16,19H2,1-2H3. The van der Waals surface area contributed by atoms with Gasteiger partial charge in [0.2, 0.25) is 5.91 Å². The zero-order chi connectivity index (χ0) is 24.2. The molecule has 0 radical (unpaired) electrons. The molecule has 0 unspecified atom stereocenters. The molecule has 0 spiro atoms. The van der Waals surface area contributed by atoms with E-state index in [1.54, 1.807) is 7.11 Å². The minimum Gasteiger partial charge on any atom is -0.497 e. The molecule has 2 aliphatic rings. The van der Waals surface area contributed by atoms with Gasteiger partial charge in [0.15, 0.2) is 5.82 Å². The van der Waals surface area contributed by atoms with Crippen LogP contribution < -0.4 is 9.64 Å². The van der Waals surface area contributed by atoms with E-state index >= 15 is 0 Å². The lowest BCUT2D eigenvalue weighted by Crippen LogP contribution is -2.50. The number of carbonyl (C=O) groups is 1. The van der Waals surface area contributed by atoms with Crippen LogP contribution in [0.2, 0.25) is 0 Å². The van der Waals surface area contributed by atoms with E-state index in [0.717, 1.165) is 48.9 Å². The highest BCUT2D eigenvalue weighted by molar-refractivity contribution is 5.76. The third kappa shape index (κ3) is 5.31. The third-order valence-electron chi connectivity index (χ3n) is 7.14. The molecule has 1 aliphatic carbocycles. The van der Waals surface area contributed by atoms with Gasteiger partial charge in [-0.15, -0.1) is 0 Å². The average molecular weight is 475 g/mol. The third-order valence-corrected chi connectivity index (χ3v) is 7.14. The number of hydrogen-bond acceptors (Lipinski definition) is 6. The first-order chi connectivity index (χ1) is 17.1. The van der Waals surface area contributed by atoms with Gasteiger partial charge >= 0.3 is 0 Å². The number of methoxy groups -OCH3 is 1. The summed E-state index contributed by atoms with van der Waals surface area (Å²) in [4.78, 5) is 27.0. The van der Waals surface area contributed by atoms with Crippen LogP contribution in [-0.4, -0.2) is 63.8 Å². The average Bonchev–Trinajstić information content (AvgIpc) is 3.33. The molecule has 1 saturated carbocycles. The van der Waals surface area contributed by atoms with Gasteiger partial charge in [-0.25, -0.2) is 14.6 Å². The molecule has 184 valence electrons. The van der Waals surface area contributed by atoms with E-state index in [0.29, 0.717) is 24.8 Å².